The summed E-state index contributed by atoms with van der Waals surface area (Å²) in [7, 11) is 0. The Morgan fingerprint density at radius 2 is 1.11 bits per heavy atom. The summed E-state index contributed by atoms with van der Waals surface area (Å²) in [5.41, 5.74) is 4.05. The molecule has 0 aliphatic carbocycles. The fourth-order valence-electron chi connectivity index (χ4n) is 3.41. The Bertz CT molecular complexity index is 947. The van der Waals surface area contributed by atoms with Gasteiger partial charge in [0, 0.05) is 47.8 Å². The Morgan fingerprint density at radius 1 is 0.714 bits per heavy atom. The van der Waals surface area contributed by atoms with Crippen molar-refractivity contribution < 1.29 is 4.79 Å². The molecule has 2 N–H and O–H groups in total. The third-order valence-corrected chi connectivity index (χ3v) is 5.22. The molecule has 2 unspecified atom stereocenters. The topological polar surface area (TPSA) is 74.4 Å². The lowest BCUT2D eigenvalue weighted by Crippen LogP contribution is -2.16. The second kappa shape index (κ2) is 7.64. The maximum Gasteiger partial charge on any atom is 0.147 e. The number of nitrogens with zero attached hydrogens (tertiary/aromatic N) is 2. The lowest BCUT2D eigenvalue weighted by Gasteiger charge is -2.17. The highest BCUT2D eigenvalue weighted by Gasteiger charge is 2.23. The Balaban J connectivity index is 1.48. The molecule has 28 heavy (non-hydrogen) atoms. The van der Waals surface area contributed by atoms with Gasteiger partial charge in [-0.3, -0.25) is 4.79 Å². The van der Waals surface area contributed by atoms with Crippen LogP contribution in [0.3, 0.4) is 0 Å². The van der Waals surface area contributed by atoms with E-state index in [4.69, 9.17) is 0 Å². The van der Waals surface area contributed by atoms with Crippen LogP contribution < -0.4 is 0 Å². The lowest BCUT2D eigenvalue weighted by atomic mass is 9.85. The van der Waals surface area contributed by atoms with Gasteiger partial charge < -0.3 is 9.97 Å². The van der Waals surface area contributed by atoms with Gasteiger partial charge in [0.05, 0.1) is 0 Å². The summed E-state index contributed by atoms with van der Waals surface area (Å²) in [5, 5.41) is 0. The summed E-state index contributed by atoms with van der Waals surface area (Å²) >= 11 is 0. The van der Waals surface area contributed by atoms with Gasteiger partial charge in [-0.25, -0.2) is 9.97 Å². The number of carbonyl (C=O) groups excluding carboxylic acids is 1. The monoisotopic (exact) mass is 370 g/mol. The molecule has 4 rings (SSSR count). The first-order chi connectivity index (χ1) is 13.6. The molecule has 0 aliphatic heterocycles. The first-order valence-electron chi connectivity index (χ1n) is 9.36. The normalized spacial score (nSPS) is 13.2. The molecular weight excluding hydrogens is 348 g/mol. The van der Waals surface area contributed by atoms with E-state index in [9.17, 15) is 4.79 Å². The fraction of sp³-hybridized carbons (Fsp3) is 0.174. The molecule has 0 spiro atoms. The number of imidazole rings is 2. The number of hydrogen-bond donors (Lipinski definition) is 2. The molecule has 0 bridgehead atoms. The van der Waals surface area contributed by atoms with Crippen LogP contribution in [0.25, 0.3) is 22.8 Å². The summed E-state index contributed by atoms with van der Waals surface area (Å²) in [5.74, 6) is 1.51. The third-order valence-electron chi connectivity index (χ3n) is 5.22. The number of hydrogen-bond acceptors (Lipinski definition) is 3. The van der Waals surface area contributed by atoms with Gasteiger partial charge in [0.1, 0.15) is 17.4 Å². The summed E-state index contributed by atoms with van der Waals surface area (Å²) in [6.45, 7) is 3.94. The van der Waals surface area contributed by atoms with Gasteiger partial charge in [0.15, 0.2) is 0 Å². The first kappa shape index (κ1) is 17.9. The molecule has 0 saturated carbocycles. The first-order valence-corrected chi connectivity index (χ1v) is 9.36. The summed E-state index contributed by atoms with van der Waals surface area (Å²) < 4.78 is 0. The molecule has 0 radical (unpaired) electrons. The smallest absolute Gasteiger partial charge is 0.147 e. The van der Waals surface area contributed by atoms with Crippen LogP contribution in [0.1, 0.15) is 36.8 Å². The second-order valence-electron chi connectivity index (χ2n) is 6.97. The molecule has 4 aromatic rings. The second-order valence-corrected chi connectivity index (χ2v) is 6.97. The highest BCUT2D eigenvalue weighted by molar-refractivity contribution is 5.91. The average molecular weight is 370 g/mol. The molecule has 5 nitrogen and oxygen atoms in total. The summed E-state index contributed by atoms with van der Waals surface area (Å²) in [6, 6.07) is 16.0. The van der Waals surface area contributed by atoms with Crippen LogP contribution in [0.5, 0.6) is 0 Å². The van der Waals surface area contributed by atoms with E-state index in [2.05, 4.69) is 19.9 Å². The van der Waals surface area contributed by atoms with Crippen molar-refractivity contribution >= 4 is 5.78 Å². The molecule has 140 valence electrons. The standard InChI is InChI=1S/C23H22N4O/c1-15(17-3-7-19(8-4-17)22-24-11-12-25-22)21(28)16(2)18-5-9-20(10-6-18)23-26-13-14-27-23/h3-16H,1-2H3,(H,24,25)(H,26,27). The quantitative estimate of drug-likeness (QED) is 0.505. The van der Waals surface area contributed by atoms with Crippen LogP contribution in [0.2, 0.25) is 0 Å². The van der Waals surface area contributed by atoms with Crippen LogP contribution in [-0.4, -0.2) is 25.7 Å². The number of Topliss-reactive ketones (excluding diaryl/α,β-unsaturated/α-hetero) is 1. The van der Waals surface area contributed by atoms with Crippen LogP contribution in [-0.2, 0) is 4.79 Å². The van der Waals surface area contributed by atoms with Crippen LogP contribution >= 0.6 is 0 Å². The van der Waals surface area contributed by atoms with Crippen molar-refractivity contribution in [3.63, 3.8) is 0 Å². The molecular formula is C23H22N4O. The Kier molecular flexibility index (Phi) is 4.89. The molecule has 0 fully saturated rings. The zero-order valence-corrected chi connectivity index (χ0v) is 15.9. The lowest BCUT2D eigenvalue weighted by molar-refractivity contribution is -0.121. The molecule has 2 aromatic carbocycles. The molecule has 0 amide bonds. The van der Waals surface area contributed by atoms with Gasteiger partial charge >= 0.3 is 0 Å². The van der Waals surface area contributed by atoms with Crippen molar-refractivity contribution in [2.75, 3.05) is 0 Å². The third kappa shape index (κ3) is 3.51. The Labute approximate surface area is 163 Å². The van der Waals surface area contributed by atoms with Crippen molar-refractivity contribution in [1.29, 1.82) is 0 Å². The maximum absolute atomic E-state index is 13.0. The fourth-order valence-corrected chi connectivity index (χ4v) is 3.41. The van der Waals surface area contributed by atoms with Crippen LogP contribution in [0, 0.1) is 0 Å². The van der Waals surface area contributed by atoms with Gasteiger partial charge in [-0.15, -0.1) is 0 Å². The minimum absolute atomic E-state index is 0.176. The number of aromatic nitrogens is 4. The number of H-pyrrole nitrogens is 2. The molecule has 5 heteroatoms. The zero-order valence-electron chi connectivity index (χ0n) is 15.9. The van der Waals surface area contributed by atoms with Crippen molar-refractivity contribution in [3.8, 4) is 22.8 Å². The molecule has 2 aromatic heterocycles. The predicted octanol–water partition coefficient (Wildman–Crippen LogP) is 4.94. The van der Waals surface area contributed by atoms with Crippen molar-refractivity contribution in [1.82, 2.24) is 19.9 Å². The van der Waals surface area contributed by atoms with E-state index >= 15 is 0 Å². The minimum atomic E-state index is -0.176. The average Bonchev–Trinajstić information content (AvgIpc) is 3.47. The van der Waals surface area contributed by atoms with Gasteiger partial charge in [-0.1, -0.05) is 62.4 Å². The van der Waals surface area contributed by atoms with Gasteiger partial charge in [0.25, 0.3) is 0 Å². The summed E-state index contributed by atoms with van der Waals surface area (Å²) in [4.78, 5) is 27.7. The number of aromatic amines is 2. The van der Waals surface area contributed by atoms with Gasteiger partial charge in [0.2, 0.25) is 0 Å². The number of nitrogens with one attached hydrogen (secondary N) is 2. The number of ketones is 1. The van der Waals surface area contributed by atoms with E-state index in [0.717, 1.165) is 33.9 Å². The van der Waals surface area contributed by atoms with E-state index in [-0.39, 0.29) is 17.6 Å². The van der Waals surface area contributed by atoms with Gasteiger partial charge in [-0.05, 0) is 11.1 Å². The van der Waals surface area contributed by atoms with Crippen LogP contribution in [0.4, 0.5) is 0 Å². The number of rotatable bonds is 6. The highest BCUT2D eigenvalue weighted by Crippen LogP contribution is 2.28. The Hall–Kier alpha value is -3.47. The van der Waals surface area contributed by atoms with E-state index in [0.29, 0.717) is 0 Å². The zero-order chi connectivity index (χ0) is 19.5. The molecule has 0 saturated heterocycles. The molecule has 0 aliphatic rings. The van der Waals surface area contributed by atoms with E-state index in [1.807, 2.05) is 62.4 Å². The Morgan fingerprint density at radius 3 is 1.43 bits per heavy atom. The summed E-state index contributed by atoms with van der Waals surface area (Å²) in [6.07, 6.45) is 7.06. The SMILES string of the molecule is CC(C(=O)C(C)c1ccc(-c2ncc[nH]2)cc1)c1ccc(-c2ncc[nH]2)cc1. The van der Waals surface area contributed by atoms with Crippen molar-refractivity contribution in [2.24, 2.45) is 0 Å². The minimum Gasteiger partial charge on any atom is -0.345 e. The number of carbonyl (C=O) groups is 1. The van der Waals surface area contributed by atoms with Crippen molar-refractivity contribution in [3.05, 3.63) is 84.4 Å². The van der Waals surface area contributed by atoms with Gasteiger partial charge in [-0.2, -0.15) is 0 Å². The van der Waals surface area contributed by atoms with E-state index in [1.54, 1.807) is 24.8 Å². The van der Waals surface area contributed by atoms with Crippen LogP contribution in [0.15, 0.2) is 73.3 Å². The predicted molar refractivity (Wildman–Crippen MR) is 110 cm³/mol. The molecule has 2 heterocycles. The maximum atomic E-state index is 13.0. The number of benzene rings is 2. The van der Waals surface area contributed by atoms with Crippen molar-refractivity contribution in [2.45, 2.75) is 25.7 Å². The largest absolute Gasteiger partial charge is 0.345 e. The van der Waals surface area contributed by atoms with E-state index in [1.165, 1.54) is 0 Å². The van der Waals surface area contributed by atoms with E-state index < -0.39 is 0 Å². The molecule has 2 atom stereocenters. The highest BCUT2D eigenvalue weighted by atomic mass is 16.1.